The van der Waals surface area contributed by atoms with Gasteiger partial charge in [0.25, 0.3) is 5.91 Å². The molecule has 0 spiro atoms. The second kappa shape index (κ2) is 10.4. The third-order valence-electron chi connectivity index (χ3n) is 5.34. The SMILES string of the molecule is COc1cccc(OCCCn2c(C(C)NC(=O)c3cccc(Cl)c3)nc3ccccc32)c1. The van der Waals surface area contributed by atoms with Crippen LogP contribution in [-0.4, -0.2) is 29.2 Å². The highest BCUT2D eigenvalue weighted by Crippen LogP contribution is 2.23. The van der Waals surface area contributed by atoms with Crippen molar-refractivity contribution >= 4 is 28.5 Å². The van der Waals surface area contributed by atoms with Crippen LogP contribution in [0.25, 0.3) is 11.0 Å². The molecule has 0 aliphatic rings. The monoisotopic (exact) mass is 463 g/mol. The number of amides is 1. The average Bonchev–Trinajstić information content (AvgIpc) is 3.20. The lowest BCUT2D eigenvalue weighted by Gasteiger charge is -2.17. The highest BCUT2D eigenvalue weighted by Gasteiger charge is 2.19. The van der Waals surface area contributed by atoms with Gasteiger partial charge in [0.1, 0.15) is 17.3 Å². The third-order valence-corrected chi connectivity index (χ3v) is 5.58. The molecule has 0 aliphatic carbocycles. The highest BCUT2D eigenvalue weighted by atomic mass is 35.5. The van der Waals surface area contributed by atoms with Gasteiger partial charge in [-0.05, 0) is 55.8 Å². The topological polar surface area (TPSA) is 65.4 Å². The maximum absolute atomic E-state index is 12.7. The molecule has 0 saturated carbocycles. The van der Waals surface area contributed by atoms with Crippen LogP contribution < -0.4 is 14.8 Å². The van der Waals surface area contributed by atoms with Crippen LogP contribution in [-0.2, 0) is 6.54 Å². The number of benzene rings is 3. The Labute approximate surface area is 198 Å². The largest absolute Gasteiger partial charge is 0.497 e. The van der Waals surface area contributed by atoms with Crippen molar-refractivity contribution in [3.63, 3.8) is 0 Å². The van der Waals surface area contributed by atoms with E-state index < -0.39 is 0 Å². The number of halogens is 1. The van der Waals surface area contributed by atoms with Gasteiger partial charge in [-0.1, -0.05) is 35.9 Å². The van der Waals surface area contributed by atoms with Crippen LogP contribution in [0.2, 0.25) is 5.02 Å². The minimum Gasteiger partial charge on any atom is -0.497 e. The van der Waals surface area contributed by atoms with E-state index in [-0.39, 0.29) is 11.9 Å². The summed E-state index contributed by atoms with van der Waals surface area (Å²) in [6.45, 7) is 3.19. The minimum atomic E-state index is -0.289. The Hall–Kier alpha value is -3.51. The fourth-order valence-electron chi connectivity index (χ4n) is 3.74. The predicted molar refractivity (Wildman–Crippen MR) is 130 cm³/mol. The zero-order chi connectivity index (χ0) is 23.2. The van der Waals surface area contributed by atoms with Gasteiger partial charge in [0.15, 0.2) is 0 Å². The van der Waals surface area contributed by atoms with E-state index in [1.807, 2.05) is 55.5 Å². The molecule has 6 nitrogen and oxygen atoms in total. The summed E-state index contributed by atoms with van der Waals surface area (Å²) in [7, 11) is 1.64. The lowest BCUT2D eigenvalue weighted by Crippen LogP contribution is -2.28. The Morgan fingerprint density at radius 3 is 2.67 bits per heavy atom. The Morgan fingerprint density at radius 1 is 1.06 bits per heavy atom. The van der Waals surface area contributed by atoms with Crippen LogP contribution in [0.5, 0.6) is 11.5 Å². The molecule has 4 aromatic rings. The van der Waals surface area contributed by atoms with Crippen molar-refractivity contribution in [2.24, 2.45) is 0 Å². The number of aromatic nitrogens is 2. The van der Waals surface area contributed by atoms with Gasteiger partial charge in [-0.2, -0.15) is 0 Å². The molecule has 1 aromatic heterocycles. The molecule has 7 heteroatoms. The fraction of sp³-hybridized carbons (Fsp3) is 0.231. The molecule has 0 saturated heterocycles. The predicted octanol–water partition coefficient (Wildman–Crippen LogP) is 5.66. The number of methoxy groups -OCH3 is 1. The molecule has 0 radical (unpaired) electrons. The molecule has 1 heterocycles. The van der Waals surface area contributed by atoms with Crippen LogP contribution in [0.3, 0.4) is 0 Å². The van der Waals surface area contributed by atoms with Gasteiger partial charge in [-0.25, -0.2) is 4.98 Å². The van der Waals surface area contributed by atoms with Gasteiger partial charge in [-0.15, -0.1) is 0 Å². The molecule has 170 valence electrons. The summed E-state index contributed by atoms with van der Waals surface area (Å²) in [4.78, 5) is 17.5. The average molecular weight is 464 g/mol. The summed E-state index contributed by atoms with van der Waals surface area (Å²) in [6.07, 6.45) is 0.777. The number of aryl methyl sites for hydroxylation is 1. The number of rotatable bonds is 9. The molecule has 1 atom stereocenters. The van der Waals surface area contributed by atoms with E-state index >= 15 is 0 Å². The molecule has 0 aliphatic heterocycles. The van der Waals surface area contributed by atoms with E-state index in [0.717, 1.165) is 34.8 Å². The zero-order valence-electron chi connectivity index (χ0n) is 18.6. The van der Waals surface area contributed by atoms with Gasteiger partial charge in [0.05, 0.1) is 30.8 Å². The van der Waals surface area contributed by atoms with Crippen molar-refractivity contribution < 1.29 is 14.3 Å². The Balaban J connectivity index is 1.47. The number of hydrogen-bond donors (Lipinski definition) is 1. The number of imidazole rings is 1. The molecule has 33 heavy (non-hydrogen) atoms. The van der Waals surface area contributed by atoms with E-state index in [1.54, 1.807) is 31.4 Å². The van der Waals surface area contributed by atoms with Gasteiger partial charge in [-0.3, -0.25) is 4.79 Å². The summed E-state index contributed by atoms with van der Waals surface area (Å²) < 4.78 is 13.3. The molecule has 1 unspecified atom stereocenters. The second-order valence-corrected chi connectivity index (χ2v) is 8.13. The first-order valence-corrected chi connectivity index (χ1v) is 11.2. The van der Waals surface area contributed by atoms with Crippen molar-refractivity contribution in [3.8, 4) is 11.5 Å². The Kier molecular flexibility index (Phi) is 7.15. The van der Waals surface area contributed by atoms with E-state index in [4.69, 9.17) is 26.1 Å². The molecule has 1 amide bonds. The van der Waals surface area contributed by atoms with E-state index in [1.165, 1.54) is 0 Å². The van der Waals surface area contributed by atoms with Crippen molar-refractivity contribution in [1.29, 1.82) is 0 Å². The Bertz CT molecular complexity index is 1250. The summed E-state index contributed by atoms with van der Waals surface area (Å²) >= 11 is 6.04. The zero-order valence-corrected chi connectivity index (χ0v) is 19.4. The number of ether oxygens (including phenoxy) is 2. The number of fused-ring (bicyclic) bond motifs is 1. The first-order chi connectivity index (χ1) is 16.0. The highest BCUT2D eigenvalue weighted by molar-refractivity contribution is 6.30. The maximum Gasteiger partial charge on any atom is 0.251 e. The molecule has 1 N–H and O–H groups in total. The molecule has 0 bridgehead atoms. The second-order valence-electron chi connectivity index (χ2n) is 7.70. The number of nitrogens with one attached hydrogen (secondary N) is 1. The van der Waals surface area contributed by atoms with Crippen LogP contribution in [0, 0.1) is 0 Å². The van der Waals surface area contributed by atoms with Gasteiger partial charge < -0.3 is 19.4 Å². The molecular weight excluding hydrogens is 438 g/mol. The summed E-state index contributed by atoms with van der Waals surface area (Å²) in [5, 5.41) is 3.57. The van der Waals surface area contributed by atoms with E-state index in [0.29, 0.717) is 23.7 Å². The van der Waals surface area contributed by atoms with Crippen LogP contribution in [0.4, 0.5) is 0 Å². The van der Waals surface area contributed by atoms with Crippen LogP contribution >= 0.6 is 11.6 Å². The van der Waals surface area contributed by atoms with Gasteiger partial charge >= 0.3 is 0 Å². The van der Waals surface area contributed by atoms with Crippen molar-refractivity contribution in [3.05, 3.63) is 89.2 Å². The number of carbonyl (C=O) groups excluding carboxylic acids is 1. The molecule has 3 aromatic carbocycles. The lowest BCUT2D eigenvalue weighted by molar-refractivity contribution is 0.0937. The third kappa shape index (κ3) is 5.46. The van der Waals surface area contributed by atoms with Crippen molar-refractivity contribution in [2.75, 3.05) is 13.7 Å². The van der Waals surface area contributed by atoms with Crippen molar-refractivity contribution in [2.45, 2.75) is 25.9 Å². The first kappa shape index (κ1) is 22.7. The van der Waals surface area contributed by atoms with Crippen LogP contribution in [0.15, 0.2) is 72.8 Å². The van der Waals surface area contributed by atoms with Crippen molar-refractivity contribution in [1.82, 2.24) is 14.9 Å². The molecular formula is C26H26ClN3O3. The summed E-state index contributed by atoms with van der Waals surface area (Å²) in [6, 6.07) is 22.2. The number of para-hydroxylation sites is 2. The standard InChI is InChI=1S/C26H26ClN3O3/c1-18(28-26(31)19-8-5-9-20(27)16-19)25-29-23-12-3-4-13-24(23)30(25)14-7-15-33-22-11-6-10-21(17-22)32-2/h3-6,8-13,16-18H,7,14-15H2,1-2H3,(H,28,31). The number of nitrogens with zero attached hydrogens (tertiary/aromatic N) is 2. The quantitative estimate of drug-likeness (QED) is 0.325. The Morgan fingerprint density at radius 2 is 1.85 bits per heavy atom. The van der Waals surface area contributed by atoms with Gasteiger partial charge in [0.2, 0.25) is 0 Å². The van der Waals surface area contributed by atoms with E-state index in [2.05, 4.69) is 9.88 Å². The number of hydrogen-bond acceptors (Lipinski definition) is 4. The van der Waals surface area contributed by atoms with E-state index in [9.17, 15) is 4.79 Å². The smallest absolute Gasteiger partial charge is 0.251 e. The first-order valence-electron chi connectivity index (χ1n) is 10.8. The fourth-order valence-corrected chi connectivity index (χ4v) is 3.93. The maximum atomic E-state index is 12.7. The summed E-state index contributed by atoms with van der Waals surface area (Å²) in [5.74, 6) is 2.14. The minimum absolute atomic E-state index is 0.190. The van der Waals surface area contributed by atoms with Gasteiger partial charge in [0, 0.05) is 23.2 Å². The normalized spacial score (nSPS) is 11.8. The molecule has 4 rings (SSSR count). The lowest BCUT2D eigenvalue weighted by atomic mass is 10.2. The van der Waals surface area contributed by atoms with Crippen LogP contribution in [0.1, 0.15) is 35.6 Å². The number of carbonyl (C=O) groups is 1. The molecule has 0 fully saturated rings. The summed E-state index contributed by atoms with van der Waals surface area (Å²) in [5.41, 5.74) is 2.44.